The number of rotatable bonds is 3. The van der Waals surface area contributed by atoms with Crippen molar-refractivity contribution in [2.45, 2.75) is 19.8 Å². The molecule has 3 rings (SSSR count). The second-order valence-electron chi connectivity index (χ2n) is 4.58. The third-order valence-corrected chi connectivity index (χ3v) is 2.99. The molecule has 19 heavy (non-hydrogen) atoms. The molecular formula is C13H13N3O3. The predicted molar refractivity (Wildman–Crippen MR) is 67.0 cm³/mol. The molecule has 0 amide bonds. The lowest BCUT2D eigenvalue weighted by Crippen LogP contribution is -2.05. The van der Waals surface area contributed by atoms with Crippen LogP contribution in [0.5, 0.6) is 11.5 Å². The van der Waals surface area contributed by atoms with Gasteiger partial charge in [-0.1, -0.05) is 19.1 Å². The molecule has 1 aromatic carbocycles. The number of aldehydes is 1. The van der Waals surface area contributed by atoms with Gasteiger partial charge in [-0.3, -0.25) is 4.79 Å². The Morgan fingerprint density at radius 1 is 1.32 bits per heavy atom. The van der Waals surface area contributed by atoms with Crippen LogP contribution in [0, 0.1) is 0 Å². The minimum atomic E-state index is 0.139. The highest BCUT2D eigenvalue weighted by atomic mass is 16.7. The van der Waals surface area contributed by atoms with Crippen molar-refractivity contribution < 1.29 is 14.3 Å². The van der Waals surface area contributed by atoms with Crippen LogP contribution in [0.4, 0.5) is 0 Å². The molecule has 0 N–H and O–H groups in total. The van der Waals surface area contributed by atoms with Crippen molar-refractivity contribution in [3.05, 3.63) is 29.6 Å². The van der Waals surface area contributed by atoms with E-state index in [0.29, 0.717) is 17.2 Å². The maximum atomic E-state index is 11.0. The fourth-order valence-electron chi connectivity index (χ4n) is 2.13. The molecule has 0 saturated heterocycles. The van der Waals surface area contributed by atoms with Gasteiger partial charge in [-0.2, -0.15) is 0 Å². The van der Waals surface area contributed by atoms with Crippen molar-refractivity contribution in [2.75, 3.05) is 6.79 Å². The number of fused-ring (bicyclic) bond motifs is 1. The molecule has 0 radical (unpaired) electrons. The number of hydrogen-bond donors (Lipinski definition) is 0. The summed E-state index contributed by atoms with van der Waals surface area (Å²) in [4.78, 5) is 11.0. The van der Waals surface area contributed by atoms with Crippen molar-refractivity contribution in [1.82, 2.24) is 15.0 Å². The smallest absolute Gasteiger partial charge is 0.231 e. The van der Waals surface area contributed by atoms with Crippen LogP contribution in [-0.4, -0.2) is 28.1 Å². The molecule has 1 aliphatic rings. The lowest BCUT2D eigenvalue weighted by atomic mass is 10.1. The second kappa shape index (κ2) is 4.38. The number of carbonyl (C=O) groups excluding carboxylic acids is 1. The molecule has 6 heteroatoms. The van der Waals surface area contributed by atoms with Crippen LogP contribution in [0.15, 0.2) is 18.2 Å². The molecule has 1 aromatic heterocycles. The first-order chi connectivity index (χ1) is 9.20. The summed E-state index contributed by atoms with van der Waals surface area (Å²) in [5.74, 6) is 1.53. The van der Waals surface area contributed by atoms with Crippen molar-refractivity contribution in [1.29, 1.82) is 0 Å². The minimum Gasteiger partial charge on any atom is -0.454 e. The Morgan fingerprint density at radius 3 is 2.84 bits per heavy atom. The summed E-state index contributed by atoms with van der Waals surface area (Å²) in [6.45, 7) is 4.22. The van der Waals surface area contributed by atoms with E-state index < -0.39 is 0 Å². The van der Waals surface area contributed by atoms with Crippen LogP contribution in [-0.2, 0) is 0 Å². The molecule has 0 spiro atoms. The first-order valence-corrected chi connectivity index (χ1v) is 6.01. The summed E-state index contributed by atoms with van der Waals surface area (Å²) >= 11 is 0. The number of carbonyl (C=O) groups is 1. The summed E-state index contributed by atoms with van der Waals surface area (Å²) in [7, 11) is 0. The largest absolute Gasteiger partial charge is 0.454 e. The summed E-state index contributed by atoms with van der Waals surface area (Å²) in [6.07, 6.45) is 0.728. The zero-order valence-electron chi connectivity index (χ0n) is 10.7. The molecule has 0 unspecified atom stereocenters. The normalized spacial score (nSPS) is 13.0. The number of aromatic nitrogens is 3. The van der Waals surface area contributed by atoms with Gasteiger partial charge >= 0.3 is 0 Å². The summed E-state index contributed by atoms with van der Waals surface area (Å²) in [5, 5.41) is 7.94. The quantitative estimate of drug-likeness (QED) is 0.788. The van der Waals surface area contributed by atoms with E-state index >= 15 is 0 Å². The Kier molecular flexibility index (Phi) is 2.70. The van der Waals surface area contributed by atoms with Gasteiger partial charge in [0.05, 0.1) is 11.4 Å². The molecule has 0 fully saturated rings. The van der Waals surface area contributed by atoms with Crippen molar-refractivity contribution in [3.63, 3.8) is 0 Å². The second-order valence-corrected chi connectivity index (χ2v) is 4.58. The average molecular weight is 259 g/mol. The summed E-state index contributed by atoms with van der Waals surface area (Å²) < 4.78 is 12.3. The maximum Gasteiger partial charge on any atom is 0.231 e. The van der Waals surface area contributed by atoms with Gasteiger partial charge in [0, 0.05) is 6.07 Å². The number of nitrogens with zero attached hydrogens (tertiary/aromatic N) is 3. The van der Waals surface area contributed by atoms with Crippen LogP contribution < -0.4 is 9.47 Å². The highest BCUT2D eigenvalue weighted by Gasteiger charge is 2.19. The van der Waals surface area contributed by atoms with E-state index in [1.165, 1.54) is 0 Å². The van der Waals surface area contributed by atoms with E-state index in [9.17, 15) is 4.79 Å². The van der Waals surface area contributed by atoms with E-state index in [1.54, 1.807) is 4.68 Å². The Hall–Kier alpha value is -2.37. The van der Waals surface area contributed by atoms with Gasteiger partial charge < -0.3 is 9.47 Å². The lowest BCUT2D eigenvalue weighted by Gasteiger charge is -2.10. The molecule has 2 heterocycles. The van der Waals surface area contributed by atoms with Crippen LogP contribution in [0.25, 0.3) is 5.69 Å². The third kappa shape index (κ3) is 1.85. The number of benzene rings is 1. The topological polar surface area (TPSA) is 66.2 Å². The van der Waals surface area contributed by atoms with Gasteiger partial charge in [0.2, 0.25) is 6.79 Å². The molecule has 6 nitrogen and oxygen atoms in total. The first-order valence-electron chi connectivity index (χ1n) is 6.01. The van der Waals surface area contributed by atoms with Crippen LogP contribution in [0.3, 0.4) is 0 Å². The van der Waals surface area contributed by atoms with Crippen LogP contribution in [0.2, 0.25) is 0 Å². The van der Waals surface area contributed by atoms with Crippen LogP contribution >= 0.6 is 0 Å². The molecule has 1 aliphatic heterocycles. The third-order valence-electron chi connectivity index (χ3n) is 2.99. The molecule has 2 aromatic rings. The Labute approximate surface area is 109 Å². The zero-order chi connectivity index (χ0) is 13.4. The van der Waals surface area contributed by atoms with Gasteiger partial charge in [-0.05, 0) is 18.1 Å². The van der Waals surface area contributed by atoms with E-state index in [4.69, 9.17) is 9.47 Å². The number of ether oxygens (including phenoxy) is 2. The highest BCUT2D eigenvalue weighted by Crippen LogP contribution is 2.34. The van der Waals surface area contributed by atoms with Crippen molar-refractivity contribution in [3.8, 4) is 17.2 Å². The van der Waals surface area contributed by atoms with Gasteiger partial charge in [0.15, 0.2) is 17.8 Å². The Morgan fingerprint density at radius 2 is 2.11 bits per heavy atom. The monoisotopic (exact) mass is 259 g/mol. The molecule has 0 aliphatic carbocycles. The number of hydrogen-bond acceptors (Lipinski definition) is 5. The average Bonchev–Trinajstić information content (AvgIpc) is 3.03. The molecule has 98 valence electrons. The summed E-state index contributed by atoms with van der Waals surface area (Å²) in [6, 6.07) is 5.52. The maximum absolute atomic E-state index is 11.0. The van der Waals surface area contributed by atoms with Gasteiger partial charge in [0.1, 0.15) is 5.69 Å². The highest BCUT2D eigenvalue weighted by molar-refractivity contribution is 5.74. The molecule has 0 saturated carbocycles. The Balaban J connectivity index is 2.12. The zero-order valence-corrected chi connectivity index (χ0v) is 10.7. The fourth-order valence-corrected chi connectivity index (χ4v) is 2.13. The summed E-state index contributed by atoms with van der Waals surface area (Å²) in [5.41, 5.74) is 1.95. The van der Waals surface area contributed by atoms with Gasteiger partial charge in [-0.15, -0.1) is 5.10 Å². The SMILES string of the molecule is CC(C)c1c(C=O)nnn1-c1ccc2c(c1)OCO2. The van der Waals surface area contributed by atoms with E-state index in [2.05, 4.69) is 10.3 Å². The molecule has 0 atom stereocenters. The molecular weight excluding hydrogens is 246 g/mol. The predicted octanol–water partition coefficient (Wildman–Crippen LogP) is 1.93. The molecule has 0 bridgehead atoms. The van der Waals surface area contributed by atoms with Crippen molar-refractivity contribution >= 4 is 6.29 Å². The minimum absolute atomic E-state index is 0.139. The van der Waals surface area contributed by atoms with E-state index in [1.807, 2.05) is 32.0 Å². The Bertz CT molecular complexity index is 634. The lowest BCUT2D eigenvalue weighted by molar-refractivity contribution is 0.111. The van der Waals surface area contributed by atoms with Crippen LogP contribution in [0.1, 0.15) is 35.9 Å². The van der Waals surface area contributed by atoms with Gasteiger partial charge in [0.25, 0.3) is 0 Å². The van der Waals surface area contributed by atoms with E-state index in [-0.39, 0.29) is 12.7 Å². The van der Waals surface area contributed by atoms with Crippen molar-refractivity contribution in [2.24, 2.45) is 0 Å². The van der Waals surface area contributed by atoms with Gasteiger partial charge in [-0.25, -0.2) is 4.68 Å². The fraction of sp³-hybridized carbons (Fsp3) is 0.308. The standard InChI is InChI=1S/C13H13N3O3/c1-8(2)13-10(6-17)14-15-16(13)9-3-4-11-12(5-9)19-7-18-11/h3-6,8H,7H2,1-2H3. The van der Waals surface area contributed by atoms with E-state index in [0.717, 1.165) is 17.7 Å². The first kappa shape index (κ1) is 11.7.